The number of benzene rings is 1. The second-order valence-corrected chi connectivity index (χ2v) is 42.8. The third kappa shape index (κ3) is 56.7. The number of likely N-dealkylation sites (tertiary alicyclic amines) is 4. The molecule has 0 atom stereocenters. The first-order valence-corrected chi connectivity index (χ1v) is 47.8. The second-order valence-electron chi connectivity index (χ2n) is 42.8. The Bertz CT molecular complexity index is 2270. The first-order valence-electron chi connectivity index (χ1n) is 47.8. The summed E-state index contributed by atoms with van der Waals surface area (Å²) in [5.74, 6) is 8.39. The van der Waals surface area contributed by atoms with Gasteiger partial charge in [-0.05, 0) is 261 Å². The summed E-state index contributed by atoms with van der Waals surface area (Å²) in [5.41, 5.74) is 8.76. The summed E-state index contributed by atoms with van der Waals surface area (Å²) in [7, 11) is 1.78. The second kappa shape index (κ2) is 60.9. The van der Waals surface area contributed by atoms with Gasteiger partial charge in [0, 0.05) is 141 Å². The number of alkyl halides is 1. The summed E-state index contributed by atoms with van der Waals surface area (Å²) >= 11 is 0. The standard InChI is InChI=1S/C12H24.C11H25N3.C11H17N.C11H22.C10H20O.C9H19NO.C9H18.C7H14FN.C7H15NO.C7H16.C6H13NO/c1-9(2)6-10-7-11(8-10)12(3,4)5;1-4-5-12-10-13-6-8-14(9-7-13)11(2)3;1-9(2)3-4-10-5-7-11(12)8-6-10;1-10(2)9-11(3)7-5-4-6-8-11;1-9(2)8-10(3)4-6-11-7-5-10;1-7(2)10-5-9(6-10)11-8(3)4;1-8(2)6-7-9-4-3-5-9;1-6(2)9-4-7(3,8)5-9;1-6(2)8-4-7(5-8)9-3;1-4-5-6-7(2)3;1-5(2)7-3-6(8)4-7/h9-11H,6-8H2,1-5H3;11-12H,4-10H2,1-3H3;5-9H,3-4,12H2,1-2H3;10H,4-9H2,1-3H3;9H,4-8H2,1-3H3;7-9H,5-6H2,1-4H3;8-9H,3-7H2,1-2H3;6H,4-5H2,1-3H3;6-7H,4-5H2,1-3H3;7H,4-6H2,1-3H3;5-6,8H,3-4H2,1-2H3. The fraction of sp³-hybridized carbons (Fsp3) is 0.940. The Kier molecular flexibility index (Phi) is 60.1. The maximum atomic E-state index is 12.8. The van der Waals surface area contributed by atoms with Gasteiger partial charge in [-0.1, -0.05) is 214 Å². The zero-order valence-corrected chi connectivity index (χ0v) is 82.1. The molecule has 12 nitrogen and oxygen atoms in total. The van der Waals surface area contributed by atoms with Crippen LogP contribution in [0.5, 0.6) is 0 Å². The quantitative estimate of drug-likeness (QED) is 0.0577. The van der Waals surface area contributed by atoms with Crippen molar-refractivity contribution in [1.82, 2.24) is 34.7 Å². The van der Waals surface area contributed by atoms with E-state index in [9.17, 15) is 4.39 Å². The van der Waals surface area contributed by atoms with Gasteiger partial charge >= 0.3 is 0 Å². The number of methoxy groups -OCH3 is 1. The highest BCUT2D eigenvalue weighted by molar-refractivity contribution is 5.39. The van der Waals surface area contributed by atoms with Gasteiger partial charge in [-0.25, -0.2) is 4.39 Å². The molecule has 674 valence electrons. The Morgan fingerprint density at radius 3 is 1.32 bits per heavy atom. The van der Waals surface area contributed by atoms with E-state index in [-0.39, 0.29) is 6.10 Å². The van der Waals surface area contributed by atoms with E-state index in [2.05, 4.69) is 261 Å². The van der Waals surface area contributed by atoms with Gasteiger partial charge in [0.05, 0.1) is 24.4 Å². The molecule has 9 aliphatic rings. The maximum Gasteiger partial charge on any atom is 0.133 e. The number of anilines is 1. The number of hydrogen-bond donors (Lipinski definition) is 3. The number of rotatable bonds is 27. The van der Waals surface area contributed by atoms with Crippen LogP contribution in [-0.2, 0) is 20.6 Å². The summed E-state index contributed by atoms with van der Waals surface area (Å²) in [6.45, 7) is 88.4. The van der Waals surface area contributed by atoms with Crippen LogP contribution in [0.15, 0.2) is 24.3 Å². The van der Waals surface area contributed by atoms with Crippen LogP contribution in [-0.4, -0.2) is 207 Å². The number of piperazine rings is 1. The lowest BCUT2D eigenvalue weighted by atomic mass is 9.61. The van der Waals surface area contributed by atoms with Gasteiger partial charge in [-0.3, -0.25) is 29.4 Å². The third-order valence-electron chi connectivity index (χ3n) is 24.7. The predicted octanol–water partition coefficient (Wildman–Crippen LogP) is 24.6. The Morgan fingerprint density at radius 2 is 0.982 bits per heavy atom. The van der Waals surface area contributed by atoms with Crippen LogP contribution < -0.4 is 11.1 Å². The average Bonchev–Trinajstić information content (AvgIpc) is 0.794. The lowest BCUT2D eigenvalue weighted by Crippen LogP contribution is -2.59. The molecule has 6 heterocycles. The van der Waals surface area contributed by atoms with Crippen LogP contribution in [0.25, 0.3) is 0 Å². The van der Waals surface area contributed by atoms with E-state index in [0.29, 0.717) is 77.9 Å². The van der Waals surface area contributed by atoms with Gasteiger partial charge in [-0.15, -0.1) is 0 Å². The van der Waals surface area contributed by atoms with Gasteiger partial charge in [0.25, 0.3) is 0 Å². The van der Waals surface area contributed by atoms with Gasteiger partial charge in [0.15, 0.2) is 0 Å². The molecule has 0 amide bonds. The van der Waals surface area contributed by atoms with Crippen LogP contribution in [0.4, 0.5) is 10.1 Å². The highest BCUT2D eigenvalue weighted by Gasteiger charge is 2.40. The largest absolute Gasteiger partial charge is 0.399 e. The summed E-state index contributed by atoms with van der Waals surface area (Å²) in [5, 5.41) is 12.3. The monoisotopic (exact) mass is 1600 g/mol. The molecular formula is C100H203FN8O4. The molecule has 1 aromatic carbocycles. The molecule has 6 saturated heterocycles. The van der Waals surface area contributed by atoms with E-state index in [1.54, 1.807) is 14.0 Å². The van der Waals surface area contributed by atoms with Gasteiger partial charge < -0.3 is 30.4 Å². The average molecular weight is 1600 g/mol. The summed E-state index contributed by atoms with van der Waals surface area (Å²) in [6.07, 6.45) is 33.7. The van der Waals surface area contributed by atoms with Gasteiger partial charge in [-0.2, -0.15) is 0 Å². The SMILES string of the molecule is CC(C)CC1(C)CCCCC1.CC(C)CC1(C)CCOCC1.CC(C)CC1CC(C(C)(C)C)C1.CC(C)CCC1CCC1.CC(C)CCc1ccc(N)cc1.CC(C)N1CC(C)(F)C1.CC(C)N1CC(O)C1.CC(C)OC1CN(C(C)C)C1.CCCCC(C)C.CCCNCN1CCN(C(C)C)CC1.COC1CN(C(C)C)C1. The minimum atomic E-state index is -0.899. The normalized spacial score (nSPS) is 21.5. The number of aliphatic hydroxyl groups excluding tert-OH is 1. The molecule has 3 saturated carbocycles. The van der Waals surface area contributed by atoms with Crippen molar-refractivity contribution in [2.24, 2.45) is 69.5 Å². The number of nitrogens with zero attached hydrogens (tertiary/aromatic N) is 6. The number of nitrogen functional groups attached to an aromatic ring is 1. The molecule has 3 aliphatic carbocycles. The molecule has 4 N–H and O–H groups in total. The van der Waals surface area contributed by atoms with Gasteiger partial charge in [0.2, 0.25) is 0 Å². The summed E-state index contributed by atoms with van der Waals surface area (Å²) in [6, 6.07) is 11.4. The molecule has 113 heavy (non-hydrogen) atoms. The number of aryl methyl sites for hydroxylation is 1. The van der Waals surface area contributed by atoms with Crippen LogP contribution in [0.1, 0.15) is 368 Å². The Hall–Kier alpha value is -1.49. The van der Waals surface area contributed by atoms with Crippen molar-refractivity contribution in [3.8, 4) is 0 Å². The lowest BCUT2D eigenvalue weighted by Gasteiger charge is -2.44. The zero-order valence-electron chi connectivity index (χ0n) is 82.1. The van der Waals surface area contributed by atoms with Crippen molar-refractivity contribution >= 4 is 5.69 Å². The number of halogens is 1. The highest BCUT2D eigenvalue weighted by atomic mass is 19.1. The number of ether oxygens (including phenoxy) is 3. The minimum absolute atomic E-state index is 0.0441. The highest BCUT2D eigenvalue weighted by Crippen LogP contribution is 2.47. The van der Waals surface area contributed by atoms with Crippen molar-refractivity contribution in [2.45, 2.75) is 430 Å². The van der Waals surface area contributed by atoms with E-state index >= 15 is 0 Å². The fourth-order valence-electron chi connectivity index (χ4n) is 16.4. The molecule has 9 fully saturated rings. The first-order chi connectivity index (χ1) is 52.7. The number of β-amino-alcohol motifs (C(OH)–C–C–N with tert-alkyl or cyclic N) is 1. The summed E-state index contributed by atoms with van der Waals surface area (Å²) < 4.78 is 28.9. The fourth-order valence-corrected chi connectivity index (χ4v) is 16.4. The number of nitrogens with one attached hydrogen (secondary N) is 1. The Balaban J connectivity index is 0.00000123. The van der Waals surface area contributed by atoms with Crippen molar-refractivity contribution in [1.29, 1.82) is 0 Å². The maximum absolute atomic E-state index is 12.8. The summed E-state index contributed by atoms with van der Waals surface area (Å²) in [4.78, 5) is 14.2. The lowest BCUT2D eigenvalue weighted by molar-refractivity contribution is -0.0903. The number of aliphatic hydroxyl groups is 1. The van der Waals surface area contributed by atoms with E-state index in [1.165, 1.54) is 173 Å². The van der Waals surface area contributed by atoms with E-state index in [4.69, 9.17) is 25.1 Å². The molecule has 13 heteroatoms. The van der Waals surface area contributed by atoms with Crippen LogP contribution in [0.2, 0.25) is 0 Å². The van der Waals surface area contributed by atoms with Crippen molar-refractivity contribution in [3.05, 3.63) is 29.8 Å². The molecule has 0 radical (unpaired) electrons. The molecule has 1 aromatic rings. The van der Waals surface area contributed by atoms with Gasteiger partial charge in [0.1, 0.15) is 5.67 Å². The predicted molar refractivity (Wildman–Crippen MR) is 498 cm³/mol. The van der Waals surface area contributed by atoms with Crippen LogP contribution >= 0.6 is 0 Å². The Labute approximate surface area is 706 Å². The van der Waals surface area contributed by atoms with E-state index < -0.39 is 5.67 Å². The van der Waals surface area contributed by atoms with Crippen molar-refractivity contribution < 1.29 is 23.7 Å². The first kappa shape index (κ1) is 112. The molecular weight excluding hydrogens is 1400 g/mol. The Morgan fingerprint density at radius 1 is 0.531 bits per heavy atom. The number of nitrogens with two attached hydrogens (primary N) is 1. The molecule has 6 aliphatic heterocycles. The molecule has 0 aromatic heterocycles. The molecule has 0 bridgehead atoms. The van der Waals surface area contributed by atoms with Crippen molar-refractivity contribution in [3.63, 3.8) is 0 Å². The zero-order chi connectivity index (χ0) is 86.2. The third-order valence-corrected chi connectivity index (χ3v) is 24.7. The topological polar surface area (TPSA) is 105 Å². The number of unbranched alkanes of at least 4 members (excludes halogenated alkanes) is 1. The van der Waals surface area contributed by atoms with Crippen molar-refractivity contribution in [2.75, 3.05) is 118 Å². The number of hydrogen-bond acceptors (Lipinski definition) is 12. The molecule has 0 unspecified atom stereocenters. The molecule has 0 spiro atoms. The minimum Gasteiger partial charge on any atom is -0.399 e. The van der Waals surface area contributed by atoms with E-state index in [0.717, 1.165) is 131 Å². The van der Waals surface area contributed by atoms with Crippen LogP contribution in [0, 0.1) is 69.5 Å². The smallest absolute Gasteiger partial charge is 0.133 e. The van der Waals surface area contributed by atoms with E-state index in [1.807, 2.05) is 12.1 Å². The van der Waals surface area contributed by atoms with Crippen LogP contribution in [0.3, 0.4) is 0 Å². The molecule has 10 rings (SSSR count).